The molecule has 0 aliphatic rings. The molecule has 0 bridgehead atoms. The highest BCUT2D eigenvalue weighted by molar-refractivity contribution is 5.95. The fourth-order valence-electron chi connectivity index (χ4n) is 2.02. The van der Waals surface area contributed by atoms with Crippen LogP contribution in [0.3, 0.4) is 0 Å². The van der Waals surface area contributed by atoms with Crippen LogP contribution in [0.4, 0.5) is 0 Å². The maximum Gasteiger partial charge on any atom is 0.255 e. The molecule has 1 N–H and O–H groups in total. The lowest BCUT2D eigenvalue weighted by atomic mass is 10.1. The molecule has 0 saturated carbocycles. The van der Waals surface area contributed by atoms with Crippen LogP contribution in [0.5, 0.6) is 0 Å². The van der Waals surface area contributed by atoms with Gasteiger partial charge in [-0.2, -0.15) is 0 Å². The van der Waals surface area contributed by atoms with Gasteiger partial charge in [-0.25, -0.2) is 0 Å². The summed E-state index contributed by atoms with van der Waals surface area (Å²) in [4.78, 5) is 12.1. The Balaban J connectivity index is 2.86. The van der Waals surface area contributed by atoms with Gasteiger partial charge in [-0.3, -0.25) is 4.79 Å². The Morgan fingerprint density at radius 3 is 2.00 bits per heavy atom. The van der Waals surface area contributed by atoms with E-state index in [9.17, 15) is 4.79 Å². The summed E-state index contributed by atoms with van der Waals surface area (Å²) in [6.45, 7) is 8.36. The number of carbonyl (C=O) groups excluding carboxylic acids is 1. The number of hydrogen-bond donors (Lipinski definition) is 1. The predicted molar refractivity (Wildman–Crippen MR) is 76.5 cm³/mol. The van der Waals surface area contributed by atoms with Crippen molar-refractivity contribution in [2.45, 2.75) is 47.0 Å². The number of carbonyl (C=O) groups is 1. The van der Waals surface area contributed by atoms with Gasteiger partial charge in [0.15, 0.2) is 0 Å². The zero-order valence-electron chi connectivity index (χ0n) is 11.8. The van der Waals surface area contributed by atoms with Crippen LogP contribution in [0, 0.1) is 6.92 Å². The van der Waals surface area contributed by atoms with Gasteiger partial charge in [0.25, 0.3) is 5.91 Å². The summed E-state index contributed by atoms with van der Waals surface area (Å²) in [6, 6.07) is 7.67. The maximum atomic E-state index is 12.1. The average molecular weight is 245 g/mol. The number of amides is 1. The van der Waals surface area contributed by atoms with Gasteiger partial charge >= 0.3 is 0 Å². The molecule has 2 nitrogen and oxygen atoms in total. The topological polar surface area (TPSA) is 29.1 Å². The van der Waals surface area contributed by atoms with E-state index < -0.39 is 0 Å². The maximum absolute atomic E-state index is 12.1. The van der Waals surface area contributed by atoms with E-state index >= 15 is 0 Å². The minimum Gasteiger partial charge on any atom is -0.326 e. The van der Waals surface area contributed by atoms with Crippen LogP contribution in [0.25, 0.3) is 0 Å². The molecule has 1 aromatic rings. The highest BCUT2D eigenvalue weighted by Gasteiger charge is 2.09. The summed E-state index contributed by atoms with van der Waals surface area (Å²) < 4.78 is 0. The Bertz CT molecular complexity index is 423. The zero-order chi connectivity index (χ0) is 13.5. The highest BCUT2D eigenvalue weighted by atomic mass is 16.1. The third-order valence-corrected chi connectivity index (χ3v) is 3.21. The quantitative estimate of drug-likeness (QED) is 0.827. The molecular weight excluding hydrogens is 222 g/mol. The van der Waals surface area contributed by atoms with E-state index in [4.69, 9.17) is 0 Å². The molecule has 18 heavy (non-hydrogen) atoms. The van der Waals surface area contributed by atoms with Crippen LogP contribution in [0.1, 0.15) is 56.0 Å². The van der Waals surface area contributed by atoms with E-state index in [1.54, 1.807) is 0 Å². The molecule has 2 heteroatoms. The number of allylic oxidation sites excluding steroid dienone is 2. The van der Waals surface area contributed by atoms with Gasteiger partial charge in [0.1, 0.15) is 0 Å². The van der Waals surface area contributed by atoms with Gasteiger partial charge in [0, 0.05) is 11.3 Å². The summed E-state index contributed by atoms with van der Waals surface area (Å²) in [5, 5.41) is 3.05. The Morgan fingerprint density at radius 1 is 1.00 bits per heavy atom. The molecule has 98 valence electrons. The molecule has 0 saturated heterocycles. The molecular formula is C16H23NO. The van der Waals surface area contributed by atoms with Gasteiger partial charge in [0.2, 0.25) is 0 Å². The van der Waals surface area contributed by atoms with E-state index in [0.29, 0.717) is 0 Å². The lowest BCUT2D eigenvalue weighted by Crippen LogP contribution is -2.23. The summed E-state index contributed by atoms with van der Waals surface area (Å²) in [7, 11) is 0. The summed E-state index contributed by atoms with van der Waals surface area (Å²) in [5.41, 5.74) is 4.29. The molecule has 0 spiro atoms. The first-order valence-electron chi connectivity index (χ1n) is 6.71. The third-order valence-electron chi connectivity index (χ3n) is 3.21. The molecule has 1 aromatic carbocycles. The third kappa shape index (κ3) is 3.73. The minimum absolute atomic E-state index is 0.00810. The fourth-order valence-corrected chi connectivity index (χ4v) is 2.02. The normalized spacial score (nSPS) is 10.0. The van der Waals surface area contributed by atoms with Crippen molar-refractivity contribution in [2.24, 2.45) is 0 Å². The van der Waals surface area contributed by atoms with E-state index in [1.165, 1.54) is 11.1 Å². The van der Waals surface area contributed by atoms with Crippen molar-refractivity contribution < 1.29 is 4.79 Å². The number of nitrogens with one attached hydrogen (secondary N) is 1. The van der Waals surface area contributed by atoms with Crippen LogP contribution in [0.2, 0.25) is 0 Å². The second-order valence-electron chi connectivity index (χ2n) is 4.46. The fraction of sp³-hybridized carbons (Fsp3) is 0.438. The second-order valence-corrected chi connectivity index (χ2v) is 4.46. The van der Waals surface area contributed by atoms with Gasteiger partial charge in [-0.15, -0.1) is 0 Å². The molecule has 0 unspecified atom stereocenters. The van der Waals surface area contributed by atoms with Crippen molar-refractivity contribution >= 4 is 5.91 Å². The summed E-state index contributed by atoms with van der Waals surface area (Å²) >= 11 is 0. The second kappa shape index (κ2) is 7.00. The summed E-state index contributed by atoms with van der Waals surface area (Å²) in [5.74, 6) is -0.00810. The lowest BCUT2D eigenvalue weighted by Gasteiger charge is -2.13. The lowest BCUT2D eigenvalue weighted by molar-refractivity contribution is 0.0964. The van der Waals surface area contributed by atoms with Crippen molar-refractivity contribution in [2.75, 3.05) is 0 Å². The number of rotatable bonds is 5. The molecule has 0 atom stereocenters. The Kier molecular flexibility index (Phi) is 5.63. The minimum atomic E-state index is -0.00810. The molecule has 0 aliphatic carbocycles. The van der Waals surface area contributed by atoms with Gasteiger partial charge < -0.3 is 5.32 Å². The van der Waals surface area contributed by atoms with Gasteiger partial charge in [-0.1, -0.05) is 44.0 Å². The average Bonchev–Trinajstić information content (AvgIpc) is 2.39. The number of aryl methyl sites for hydroxylation is 1. The number of hydrogen-bond acceptors (Lipinski definition) is 1. The molecule has 0 radical (unpaired) electrons. The van der Waals surface area contributed by atoms with Crippen molar-refractivity contribution in [1.29, 1.82) is 0 Å². The SMILES string of the molecule is CCC(CC)=C(CC)NC(=O)c1ccc(C)cc1. The van der Waals surface area contributed by atoms with Crippen molar-refractivity contribution in [1.82, 2.24) is 5.32 Å². The smallest absolute Gasteiger partial charge is 0.255 e. The van der Waals surface area contributed by atoms with Crippen molar-refractivity contribution in [3.63, 3.8) is 0 Å². The predicted octanol–water partition coefficient (Wildman–Crippen LogP) is 4.21. The molecule has 0 aromatic heterocycles. The van der Waals surface area contributed by atoms with Crippen LogP contribution in [-0.2, 0) is 0 Å². The first kappa shape index (κ1) is 14.5. The van der Waals surface area contributed by atoms with E-state index in [1.807, 2.05) is 31.2 Å². The Labute approximate surface area is 110 Å². The van der Waals surface area contributed by atoms with E-state index in [2.05, 4.69) is 26.1 Å². The highest BCUT2D eigenvalue weighted by Crippen LogP contribution is 2.14. The molecule has 0 fully saturated rings. The van der Waals surface area contributed by atoms with Crippen LogP contribution < -0.4 is 5.32 Å². The van der Waals surface area contributed by atoms with Crippen molar-refractivity contribution in [3.8, 4) is 0 Å². The summed E-state index contributed by atoms with van der Waals surface area (Å²) in [6.07, 6.45) is 2.86. The standard InChI is InChI=1S/C16H23NO/c1-5-13(6-2)15(7-3)17-16(18)14-10-8-12(4)9-11-14/h8-11H,5-7H2,1-4H3,(H,17,18). The van der Waals surface area contributed by atoms with Crippen molar-refractivity contribution in [3.05, 3.63) is 46.7 Å². The number of benzene rings is 1. The largest absolute Gasteiger partial charge is 0.326 e. The van der Waals surface area contributed by atoms with Crippen LogP contribution in [0.15, 0.2) is 35.5 Å². The first-order chi connectivity index (χ1) is 8.62. The van der Waals surface area contributed by atoms with Gasteiger partial charge in [0.05, 0.1) is 0 Å². The first-order valence-corrected chi connectivity index (χ1v) is 6.71. The van der Waals surface area contributed by atoms with Gasteiger partial charge in [-0.05, 0) is 38.3 Å². The zero-order valence-corrected chi connectivity index (χ0v) is 11.8. The molecule has 0 aliphatic heterocycles. The Hall–Kier alpha value is -1.57. The Morgan fingerprint density at radius 2 is 1.56 bits per heavy atom. The van der Waals surface area contributed by atoms with Crippen LogP contribution >= 0.6 is 0 Å². The monoisotopic (exact) mass is 245 g/mol. The molecule has 1 rings (SSSR count). The van der Waals surface area contributed by atoms with E-state index in [0.717, 1.165) is 30.5 Å². The molecule has 0 heterocycles. The van der Waals surface area contributed by atoms with Crippen LogP contribution in [-0.4, -0.2) is 5.91 Å². The van der Waals surface area contributed by atoms with E-state index in [-0.39, 0.29) is 5.91 Å². The molecule has 1 amide bonds.